The van der Waals surface area contributed by atoms with Crippen molar-refractivity contribution in [2.24, 2.45) is 0 Å². The first kappa shape index (κ1) is 12.2. The highest BCUT2D eigenvalue weighted by Crippen LogP contribution is 2.17. The van der Waals surface area contributed by atoms with Gasteiger partial charge in [-0.2, -0.15) is 0 Å². The Bertz CT molecular complexity index is 747. The molecule has 0 unspecified atom stereocenters. The number of hydrogen-bond donors (Lipinski definition) is 1. The van der Waals surface area contributed by atoms with Gasteiger partial charge in [0.2, 0.25) is 5.82 Å². The summed E-state index contributed by atoms with van der Waals surface area (Å²) in [4.78, 5) is 5.56. The molecule has 0 fully saturated rings. The van der Waals surface area contributed by atoms with E-state index in [9.17, 15) is 0 Å². The van der Waals surface area contributed by atoms with Crippen molar-refractivity contribution in [1.29, 1.82) is 5.41 Å². The third-order valence-electron chi connectivity index (χ3n) is 2.79. The van der Waals surface area contributed by atoms with E-state index in [1.54, 1.807) is 6.20 Å². The lowest BCUT2D eigenvalue weighted by Crippen LogP contribution is -2.00. The molecule has 98 valence electrons. The predicted molar refractivity (Wildman–Crippen MR) is 75.0 cm³/mol. The number of aromatic nitrogens is 5. The van der Waals surface area contributed by atoms with E-state index in [1.807, 2.05) is 43.3 Å². The van der Waals surface area contributed by atoms with Crippen molar-refractivity contribution in [1.82, 2.24) is 25.2 Å². The van der Waals surface area contributed by atoms with Crippen LogP contribution in [0.1, 0.15) is 11.1 Å². The number of nitrogens with zero attached hydrogens (tertiary/aromatic N) is 5. The quantitative estimate of drug-likeness (QED) is 0.734. The van der Waals surface area contributed by atoms with Crippen molar-refractivity contribution < 1.29 is 0 Å². The molecule has 6 nitrogen and oxygen atoms in total. The molecule has 0 aliphatic heterocycles. The van der Waals surface area contributed by atoms with Gasteiger partial charge in [-0.1, -0.05) is 12.1 Å². The molecule has 0 atom stereocenters. The summed E-state index contributed by atoms with van der Waals surface area (Å²) >= 11 is 0. The SMILES string of the molecule is Cc1cc(C=N)cc(-c2nnn(-c3ccccn3)n2)c1. The lowest BCUT2D eigenvalue weighted by Gasteiger charge is -2.00. The Morgan fingerprint density at radius 1 is 1.20 bits per heavy atom. The summed E-state index contributed by atoms with van der Waals surface area (Å²) in [5.41, 5.74) is 2.70. The van der Waals surface area contributed by atoms with Crippen molar-refractivity contribution >= 4 is 6.21 Å². The first-order valence-corrected chi connectivity index (χ1v) is 6.10. The highest BCUT2D eigenvalue weighted by atomic mass is 15.6. The second-order valence-electron chi connectivity index (χ2n) is 4.37. The second-order valence-corrected chi connectivity index (χ2v) is 4.37. The van der Waals surface area contributed by atoms with E-state index in [2.05, 4.69) is 20.4 Å². The van der Waals surface area contributed by atoms with Gasteiger partial charge in [0.15, 0.2) is 5.82 Å². The predicted octanol–water partition coefficient (Wildman–Crippen LogP) is 2.03. The van der Waals surface area contributed by atoms with E-state index >= 15 is 0 Å². The molecule has 0 amide bonds. The maximum Gasteiger partial charge on any atom is 0.205 e. The average molecular weight is 264 g/mol. The van der Waals surface area contributed by atoms with E-state index in [4.69, 9.17) is 5.41 Å². The number of tetrazole rings is 1. The summed E-state index contributed by atoms with van der Waals surface area (Å²) < 4.78 is 0. The zero-order chi connectivity index (χ0) is 13.9. The third kappa shape index (κ3) is 2.31. The third-order valence-corrected chi connectivity index (χ3v) is 2.79. The van der Waals surface area contributed by atoms with Crippen LogP contribution in [0.5, 0.6) is 0 Å². The summed E-state index contributed by atoms with van der Waals surface area (Å²) in [7, 11) is 0. The summed E-state index contributed by atoms with van der Waals surface area (Å²) in [6.07, 6.45) is 2.98. The first-order chi connectivity index (χ1) is 9.76. The Morgan fingerprint density at radius 3 is 2.85 bits per heavy atom. The van der Waals surface area contributed by atoms with Crippen LogP contribution in [-0.2, 0) is 0 Å². The van der Waals surface area contributed by atoms with Gasteiger partial charge >= 0.3 is 0 Å². The Labute approximate surface area is 115 Å². The minimum absolute atomic E-state index is 0.516. The van der Waals surface area contributed by atoms with Gasteiger partial charge in [-0.3, -0.25) is 0 Å². The van der Waals surface area contributed by atoms with E-state index in [-0.39, 0.29) is 0 Å². The zero-order valence-electron chi connectivity index (χ0n) is 10.9. The molecule has 2 aromatic heterocycles. The van der Waals surface area contributed by atoms with E-state index in [1.165, 1.54) is 11.0 Å². The molecule has 6 heteroatoms. The Morgan fingerprint density at radius 2 is 2.10 bits per heavy atom. The summed E-state index contributed by atoms with van der Waals surface area (Å²) in [6.45, 7) is 1.97. The Hall–Kier alpha value is -2.89. The van der Waals surface area contributed by atoms with Gasteiger partial charge in [-0.15, -0.1) is 15.0 Å². The van der Waals surface area contributed by atoms with Gasteiger partial charge in [0.05, 0.1) is 0 Å². The molecule has 0 spiro atoms. The number of pyridine rings is 1. The van der Waals surface area contributed by atoms with Gasteiger partial charge in [0, 0.05) is 18.0 Å². The van der Waals surface area contributed by atoms with Crippen molar-refractivity contribution in [3.05, 3.63) is 53.7 Å². The average Bonchev–Trinajstić information content (AvgIpc) is 2.97. The Balaban J connectivity index is 2.02. The number of rotatable bonds is 3. The Kier molecular flexibility index (Phi) is 3.04. The fourth-order valence-electron chi connectivity index (χ4n) is 1.92. The number of hydrogen-bond acceptors (Lipinski definition) is 5. The zero-order valence-corrected chi connectivity index (χ0v) is 10.9. The van der Waals surface area contributed by atoms with Gasteiger partial charge in [-0.25, -0.2) is 4.98 Å². The van der Waals surface area contributed by atoms with Crippen LogP contribution in [0.3, 0.4) is 0 Å². The highest BCUT2D eigenvalue weighted by molar-refractivity contribution is 5.80. The maximum absolute atomic E-state index is 7.34. The first-order valence-electron chi connectivity index (χ1n) is 6.10. The van der Waals surface area contributed by atoms with Crippen LogP contribution >= 0.6 is 0 Å². The van der Waals surface area contributed by atoms with Crippen LogP contribution in [0.2, 0.25) is 0 Å². The lowest BCUT2D eigenvalue weighted by atomic mass is 10.1. The van der Waals surface area contributed by atoms with Crippen molar-refractivity contribution in [2.75, 3.05) is 0 Å². The molecule has 1 aromatic carbocycles. The molecule has 1 N–H and O–H groups in total. The minimum atomic E-state index is 0.516. The molecule has 3 rings (SSSR count). The van der Waals surface area contributed by atoms with Crippen molar-refractivity contribution in [2.45, 2.75) is 6.92 Å². The molecule has 0 bridgehead atoms. The van der Waals surface area contributed by atoms with E-state index < -0.39 is 0 Å². The molecule has 0 saturated heterocycles. The standard InChI is InChI=1S/C14H12N6/c1-10-6-11(9-15)8-12(7-10)14-17-19-20(18-14)13-4-2-3-5-16-13/h2-9,15H,1H3. The van der Waals surface area contributed by atoms with Gasteiger partial charge in [-0.05, 0) is 47.5 Å². The molecule has 0 radical (unpaired) electrons. The summed E-state index contributed by atoms with van der Waals surface area (Å²) in [5, 5.41) is 19.7. The fourth-order valence-corrected chi connectivity index (χ4v) is 1.92. The van der Waals surface area contributed by atoms with Crippen LogP contribution in [0.15, 0.2) is 42.6 Å². The van der Waals surface area contributed by atoms with Crippen LogP contribution in [-0.4, -0.2) is 31.4 Å². The van der Waals surface area contributed by atoms with Crippen LogP contribution in [0.25, 0.3) is 17.2 Å². The van der Waals surface area contributed by atoms with Gasteiger partial charge in [0.25, 0.3) is 0 Å². The van der Waals surface area contributed by atoms with Crippen LogP contribution < -0.4 is 0 Å². The molecular formula is C14H12N6. The van der Waals surface area contributed by atoms with Crippen LogP contribution in [0, 0.1) is 12.3 Å². The van der Waals surface area contributed by atoms with Crippen molar-refractivity contribution in [3.8, 4) is 17.2 Å². The number of benzene rings is 1. The van der Waals surface area contributed by atoms with Crippen molar-refractivity contribution in [3.63, 3.8) is 0 Å². The van der Waals surface area contributed by atoms with E-state index in [0.29, 0.717) is 11.6 Å². The molecule has 0 saturated carbocycles. The molecule has 0 aliphatic carbocycles. The second kappa shape index (κ2) is 5.00. The maximum atomic E-state index is 7.34. The smallest absolute Gasteiger partial charge is 0.205 e. The van der Waals surface area contributed by atoms with Gasteiger partial charge < -0.3 is 5.41 Å². The largest absolute Gasteiger partial charge is 0.308 e. The van der Waals surface area contributed by atoms with Gasteiger partial charge in [0.1, 0.15) is 0 Å². The molecule has 2 heterocycles. The highest BCUT2D eigenvalue weighted by Gasteiger charge is 2.09. The summed E-state index contributed by atoms with van der Waals surface area (Å²) in [6, 6.07) is 11.3. The molecule has 0 aliphatic rings. The normalized spacial score (nSPS) is 10.4. The lowest BCUT2D eigenvalue weighted by molar-refractivity contribution is 0.701. The summed E-state index contributed by atoms with van der Waals surface area (Å²) in [5.74, 6) is 1.13. The molecular weight excluding hydrogens is 252 g/mol. The van der Waals surface area contributed by atoms with E-state index in [0.717, 1.165) is 16.7 Å². The monoisotopic (exact) mass is 264 g/mol. The molecule has 3 aromatic rings. The fraction of sp³-hybridized carbons (Fsp3) is 0.0714. The molecule has 20 heavy (non-hydrogen) atoms. The number of aryl methyl sites for hydroxylation is 1. The van der Waals surface area contributed by atoms with Crippen LogP contribution in [0.4, 0.5) is 0 Å². The number of nitrogens with one attached hydrogen (secondary N) is 1. The topological polar surface area (TPSA) is 80.3 Å². The minimum Gasteiger partial charge on any atom is -0.308 e.